The lowest BCUT2D eigenvalue weighted by molar-refractivity contribution is 0.535. The molecule has 21 heavy (non-hydrogen) atoms. The van der Waals surface area contributed by atoms with Crippen LogP contribution in [0.4, 0.5) is 0 Å². The third-order valence-corrected chi connectivity index (χ3v) is 3.76. The van der Waals surface area contributed by atoms with E-state index in [-0.39, 0.29) is 0 Å². The highest BCUT2D eigenvalue weighted by atomic mass is 16.3. The normalized spacial score (nSPS) is 11.0. The minimum absolute atomic E-state index is 0.802. The smallest absolute Gasteiger partial charge is 0.134 e. The average molecular weight is 273 g/mol. The number of fused-ring (bicyclic) bond motifs is 1. The molecule has 0 unspecified atom stereocenters. The van der Waals surface area contributed by atoms with Crippen LogP contribution in [0, 0.1) is 0 Å². The van der Waals surface area contributed by atoms with Crippen molar-refractivity contribution in [2.24, 2.45) is 0 Å². The Balaban J connectivity index is 1.65. The van der Waals surface area contributed by atoms with E-state index in [2.05, 4.69) is 47.6 Å². The van der Waals surface area contributed by atoms with Crippen LogP contribution in [0.1, 0.15) is 11.3 Å². The molecule has 2 aromatic carbocycles. The largest absolute Gasteiger partial charge is 0.461 e. The molecule has 2 nitrogen and oxygen atoms in total. The number of H-pyrrole nitrogens is 1. The summed E-state index contributed by atoms with van der Waals surface area (Å²) in [6.45, 7) is 0. The van der Waals surface area contributed by atoms with E-state index in [1.54, 1.807) is 0 Å². The highest BCUT2D eigenvalue weighted by Gasteiger charge is 2.08. The number of hydrogen-bond donors (Lipinski definition) is 1. The van der Waals surface area contributed by atoms with Crippen molar-refractivity contribution < 1.29 is 4.42 Å². The summed E-state index contributed by atoms with van der Waals surface area (Å²) in [4.78, 5) is 3.31. The molecule has 4 rings (SSSR count). The number of aromatic nitrogens is 1. The summed E-state index contributed by atoms with van der Waals surface area (Å²) in [7, 11) is 0. The van der Waals surface area contributed by atoms with Gasteiger partial charge in [-0.3, -0.25) is 0 Å². The summed E-state index contributed by atoms with van der Waals surface area (Å²) in [6, 6.07) is 22.6. The van der Waals surface area contributed by atoms with Gasteiger partial charge in [-0.1, -0.05) is 48.5 Å². The molecule has 4 aromatic rings. The molecular formula is C19H15NO. The number of furan rings is 1. The molecule has 0 radical (unpaired) electrons. The third kappa shape index (κ3) is 2.25. The zero-order chi connectivity index (χ0) is 14.1. The Morgan fingerprint density at radius 2 is 1.62 bits per heavy atom. The van der Waals surface area contributed by atoms with Crippen LogP contribution in [0.15, 0.2) is 77.3 Å². The number of aromatic amines is 1. The Bertz CT molecular complexity index is 871. The molecule has 0 saturated carbocycles. The Kier molecular flexibility index (Phi) is 2.86. The molecular weight excluding hydrogens is 258 g/mol. The van der Waals surface area contributed by atoms with Gasteiger partial charge in [-0.2, -0.15) is 0 Å². The summed E-state index contributed by atoms with van der Waals surface area (Å²) in [5.74, 6) is 1.91. The van der Waals surface area contributed by atoms with Gasteiger partial charge < -0.3 is 9.40 Å². The number of para-hydroxylation sites is 1. The van der Waals surface area contributed by atoms with Crippen molar-refractivity contribution in [2.45, 2.75) is 6.42 Å². The Morgan fingerprint density at radius 1 is 0.810 bits per heavy atom. The van der Waals surface area contributed by atoms with E-state index in [4.69, 9.17) is 4.42 Å². The first-order valence-corrected chi connectivity index (χ1v) is 7.09. The maximum Gasteiger partial charge on any atom is 0.134 e. The lowest BCUT2D eigenvalue weighted by Crippen LogP contribution is -1.83. The summed E-state index contributed by atoms with van der Waals surface area (Å²) in [5.41, 5.74) is 3.55. The van der Waals surface area contributed by atoms with Crippen LogP contribution in [-0.4, -0.2) is 4.98 Å². The number of rotatable bonds is 3. The van der Waals surface area contributed by atoms with Crippen molar-refractivity contribution in [2.75, 3.05) is 0 Å². The van der Waals surface area contributed by atoms with Crippen LogP contribution in [0.25, 0.3) is 22.2 Å². The second kappa shape index (κ2) is 4.98. The molecule has 0 fully saturated rings. The van der Waals surface area contributed by atoms with Crippen molar-refractivity contribution in [3.8, 4) is 11.3 Å². The van der Waals surface area contributed by atoms with Gasteiger partial charge in [0.05, 0.1) is 0 Å². The van der Waals surface area contributed by atoms with E-state index >= 15 is 0 Å². The van der Waals surface area contributed by atoms with E-state index in [0.717, 1.165) is 23.5 Å². The maximum atomic E-state index is 5.98. The molecule has 2 aromatic heterocycles. The van der Waals surface area contributed by atoms with E-state index < -0.39 is 0 Å². The van der Waals surface area contributed by atoms with Crippen LogP contribution in [0.2, 0.25) is 0 Å². The zero-order valence-corrected chi connectivity index (χ0v) is 11.5. The molecule has 0 atom stereocenters. The van der Waals surface area contributed by atoms with E-state index in [1.165, 1.54) is 16.5 Å². The number of hydrogen-bond acceptors (Lipinski definition) is 1. The fourth-order valence-electron chi connectivity index (χ4n) is 2.70. The third-order valence-electron chi connectivity index (χ3n) is 3.76. The molecule has 1 N–H and O–H groups in total. The van der Waals surface area contributed by atoms with Crippen molar-refractivity contribution >= 4 is 10.9 Å². The van der Waals surface area contributed by atoms with Crippen LogP contribution in [0.3, 0.4) is 0 Å². The second-order valence-electron chi connectivity index (χ2n) is 5.17. The summed E-state index contributed by atoms with van der Waals surface area (Å²) in [6.07, 6.45) is 2.87. The molecule has 0 amide bonds. The lowest BCUT2D eigenvalue weighted by Gasteiger charge is -1.98. The average Bonchev–Trinajstić information content (AvgIpc) is 3.17. The van der Waals surface area contributed by atoms with Gasteiger partial charge in [-0.15, -0.1) is 0 Å². The summed E-state index contributed by atoms with van der Waals surface area (Å²) < 4.78 is 5.98. The first-order chi connectivity index (χ1) is 10.4. The summed E-state index contributed by atoms with van der Waals surface area (Å²) >= 11 is 0. The molecule has 0 aliphatic carbocycles. The Morgan fingerprint density at radius 3 is 2.52 bits per heavy atom. The molecule has 2 heterocycles. The first-order valence-electron chi connectivity index (χ1n) is 7.09. The van der Waals surface area contributed by atoms with E-state index in [1.807, 2.05) is 30.3 Å². The second-order valence-corrected chi connectivity index (χ2v) is 5.17. The molecule has 2 heteroatoms. The highest BCUT2D eigenvalue weighted by molar-refractivity contribution is 5.83. The molecule has 102 valence electrons. The Hall–Kier alpha value is -2.74. The highest BCUT2D eigenvalue weighted by Crippen LogP contribution is 2.25. The predicted molar refractivity (Wildman–Crippen MR) is 85.2 cm³/mol. The molecule has 0 spiro atoms. The Labute approximate surface area is 123 Å². The van der Waals surface area contributed by atoms with Gasteiger partial charge in [0.2, 0.25) is 0 Å². The first kappa shape index (κ1) is 12.0. The zero-order valence-electron chi connectivity index (χ0n) is 11.5. The van der Waals surface area contributed by atoms with Crippen LogP contribution in [0.5, 0.6) is 0 Å². The van der Waals surface area contributed by atoms with Gasteiger partial charge in [0.1, 0.15) is 11.5 Å². The monoisotopic (exact) mass is 273 g/mol. The van der Waals surface area contributed by atoms with Crippen LogP contribution < -0.4 is 0 Å². The van der Waals surface area contributed by atoms with Gasteiger partial charge in [-0.05, 0) is 23.8 Å². The minimum atomic E-state index is 0.802. The fraction of sp³-hybridized carbons (Fsp3) is 0.0526. The van der Waals surface area contributed by atoms with Gasteiger partial charge >= 0.3 is 0 Å². The van der Waals surface area contributed by atoms with Crippen LogP contribution >= 0.6 is 0 Å². The SMILES string of the molecule is c1ccc(-c2ccc(Cc3c[nH]c4ccccc34)o2)cc1. The lowest BCUT2D eigenvalue weighted by atomic mass is 10.1. The topological polar surface area (TPSA) is 28.9 Å². The molecule has 0 bridgehead atoms. The quantitative estimate of drug-likeness (QED) is 0.558. The van der Waals surface area contributed by atoms with Gasteiger partial charge in [0.25, 0.3) is 0 Å². The van der Waals surface area contributed by atoms with Crippen molar-refractivity contribution in [3.05, 3.63) is 84.3 Å². The maximum absolute atomic E-state index is 5.98. The van der Waals surface area contributed by atoms with Gasteiger partial charge in [0.15, 0.2) is 0 Å². The van der Waals surface area contributed by atoms with E-state index in [0.29, 0.717) is 0 Å². The molecule has 0 saturated heterocycles. The minimum Gasteiger partial charge on any atom is -0.461 e. The molecule has 0 aliphatic heterocycles. The van der Waals surface area contributed by atoms with Crippen molar-refractivity contribution in [1.29, 1.82) is 0 Å². The fourth-order valence-corrected chi connectivity index (χ4v) is 2.70. The van der Waals surface area contributed by atoms with Crippen molar-refractivity contribution in [3.63, 3.8) is 0 Å². The number of nitrogens with one attached hydrogen (secondary N) is 1. The molecule has 0 aliphatic rings. The standard InChI is InChI=1S/C19H15NO/c1-2-6-14(7-3-1)19-11-10-16(21-19)12-15-13-20-18-9-5-4-8-17(15)18/h1-11,13,20H,12H2. The van der Waals surface area contributed by atoms with E-state index in [9.17, 15) is 0 Å². The van der Waals surface area contributed by atoms with Gasteiger partial charge in [0, 0.05) is 29.1 Å². The van der Waals surface area contributed by atoms with Gasteiger partial charge in [-0.25, -0.2) is 0 Å². The predicted octanol–water partition coefficient (Wildman–Crippen LogP) is 5.02. The number of benzene rings is 2. The summed E-state index contributed by atoms with van der Waals surface area (Å²) in [5, 5.41) is 1.26. The van der Waals surface area contributed by atoms with Crippen molar-refractivity contribution in [1.82, 2.24) is 4.98 Å². The van der Waals surface area contributed by atoms with Crippen LogP contribution in [-0.2, 0) is 6.42 Å².